The molecular weight excluding hydrogens is 304 g/mol. The lowest BCUT2D eigenvalue weighted by molar-refractivity contribution is -0.139. The van der Waals surface area contributed by atoms with E-state index in [1.165, 1.54) is 0 Å². The predicted molar refractivity (Wildman–Crippen MR) is 89.1 cm³/mol. The largest absolute Gasteiger partial charge is 0.481 e. The lowest BCUT2D eigenvalue weighted by Gasteiger charge is -2.29. The van der Waals surface area contributed by atoms with E-state index in [4.69, 9.17) is 5.11 Å². The Morgan fingerprint density at radius 2 is 1.77 bits per heavy atom. The Balaban J connectivity index is 0.00000441. The first-order valence-electron chi connectivity index (χ1n) is 7.14. The molecule has 1 aromatic rings. The molecule has 0 saturated carbocycles. The van der Waals surface area contributed by atoms with Gasteiger partial charge in [-0.1, -0.05) is 30.3 Å². The first-order chi connectivity index (χ1) is 9.90. The highest BCUT2D eigenvalue weighted by Gasteiger charge is 2.19. The van der Waals surface area contributed by atoms with E-state index in [2.05, 4.69) is 0 Å². The van der Waals surface area contributed by atoms with Crippen LogP contribution in [0.2, 0.25) is 0 Å². The quantitative estimate of drug-likeness (QED) is 0.795. The number of benzene rings is 1. The molecule has 1 aromatic carbocycles. The van der Waals surface area contributed by atoms with Gasteiger partial charge in [0.2, 0.25) is 5.91 Å². The van der Waals surface area contributed by atoms with E-state index >= 15 is 0 Å². The predicted octanol–water partition coefficient (Wildman–Crippen LogP) is 2.25. The third kappa shape index (κ3) is 7.43. The van der Waals surface area contributed by atoms with Crippen LogP contribution >= 0.6 is 12.4 Å². The van der Waals surface area contributed by atoms with Gasteiger partial charge < -0.3 is 10.0 Å². The molecule has 0 radical (unpaired) electrons. The van der Waals surface area contributed by atoms with Crippen LogP contribution in [0.15, 0.2) is 30.3 Å². The molecule has 0 fully saturated rings. The highest BCUT2D eigenvalue weighted by atomic mass is 35.5. The van der Waals surface area contributed by atoms with E-state index in [1.54, 1.807) is 11.9 Å². The fourth-order valence-corrected chi connectivity index (χ4v) is 2.03. The van der Waals surface area contributed by atoms with Gasteiger partial charge in [-0.05, 0) is 26.5 Å². The molecule has 124 valence electrons. The number of carboxylic acids is 1. The first-order valence-corrected chi connectivity index (χ1v) is 7.14. The van der Waals surface area contributed by atoms with Crippen molar-refractivity contribution in [3.05, 3.63) is 35.9 Å². The van der Waals surface area contributed by atoms with Crippen LogP contribution in [-0.4, -0.2) is 53.0 Å². The monoisotopic (exact) mass is 328 g/mol. The molecule has 0 unspecified atom stereocenters. The third-order valence-electron chi connectivity index (χ3n) is 3.25. The fraction of sp³-hybridized carbons (Fsp3) is 0.500. The van der Waals surface area contributed by atoms with Gasteiger partial charge in [0.15, 0.2) is 0 Å². The SMILES string of the molecule is CC(C)N(Cc1ccccc1)C(=O)CN(C)CCC(=O)O.Cl. The summed E-state index contributed by atoms with van der Waals surface area (Å²) in [4.78, 5) is 26.5. The van der Waals surface area contributed by atoms with Crippen LogP contribution in [0.3, 0.4) is 0 Å². The number of nitrogens with zero attached hydrogens (tertiary/aromatic N) is 2. The lowest BCUT2D eigenvalue weighted by Crippen LogP contribution is -2.42. The molecular formula is C16H25ClN2O3. The normalized spacial score (nSPS) is 10.4. The number of carbonyl (C=O) groups excluding carboxylic acids is 1. The summed E-state index contributed by atoms with van der Waals surface area (Å²) in [7, 11) is 1.77. The number of likely N-dealkylation sites (N-methyl/N-ethyl adjacent to an activating group) is 1. The molecule has 0 atom stereocenters. The van der Waals surface area contributed by atoms with Gasteiger partial charge in [-0.3, -0.25) is 14.5 Å². The van der Waals surface area contributed by atoms with Crippen molar-refractivity contribution in [3.8, 4) is 0 Å². The van der Waals surface area contributed by atoms with Crippen LogP contribution in [-0.2, 0) is 16.1 Å². The number of carboxylic acid groups (broad SMARTS) is 1. The third-order valence-corrected chi connectivity index (χ3v) is 3.25. The first kappa shape index (κ1) is 20.4. The van der Waals surface area contributed by atoms with Gasteiger partial charge in [0.05, 0.1) is 13.0 Å². The minimum absolute atomic E-state index is 0. The molecule has 0 bridgehead atoms. The van der Waals surface area contributed by atoms with E-state index in [1.807, 2.05) is 49.1 Å². The molecule has 0 aromatic heterocycles. The number of amides is 1. The molecule has 0 spiro atoms. The van der Waals surface area contributed by atoms with Crippen LogP contribution in [0.4, 0.5) is 0 Å². The topological polar surface area (TPSA) is 60.9 Å². The number of halogens is 1. The van der Waals surface area contributed by atoms with Crippen molar-refractivity contribution < 1.29 is 14.7 Å². The van der Waals surface area contributed by atoms with Crippen LogP contribution in [0.25, 0.3) is 0 Å². The fourth-order valence-electron chi connectivity index (χ4n) is 2.03. The van der Waals surface area contributed by atoms with Crippen molar-refractivity contribution in [2.75, 3.05) is 20.1 Å². The maximum atomic E-state index is 12.4. The van der Waals surface area contributed by atoms with Crippen LogP contribution < -0.4 is 0 Å². The zero-order chi connectivity index (χ0) is 15.8. The smallest absolute Gasteiger partial charge is 0.304 e. The summed E-state index contributed by atoms with van der Waals surface area (Å²) < 4.78 is 0. The van der Waals surface area contributed by atoms with Gasteiger partial charge in [-0.2, -0.15) is 0 Å². The van der Waals surface area contributed by atoms with Gasteiger partial charge in [0.1, 0.15) is 0 Å². The van der Waals surface area contributed by atoms with Crippen molar-refractivity contribution in [2.45, 2.75) is 32.9 Å². The summed E-state index contributed by atoms with van der Waals surface area (Å²) in [5.74, 6) is -0.832. The Labute approximate surface area is 138 Å². The number of hydrogen-bond acceptors (Lipinski definition) is 3. The maximum absolute atomic E-state index is 12.4. The van der Waals surface area contributed by atoms with Crippen molar-refractivity contribution in [1.82, 2.24) is 9.80 Å². The number of aliphatic carboxylic acids is 1. The number of carbonyl (C=O) groups is 2. The Morgan fingerprint density at radius 1 is 1.18 bits per heavy atom. The molecule has 0 aliphatic rings. The van der Waals surface area contributed by atoms with E-state index in [-0.39, 0.29) is 37.3 Å². The van der Waals surface area contributed by atoms with Gasteiger partial charge in [0, 0.05) is 19.1 Å². The Kier molecular flexibility index (Phi) is 9.45. The molecule has 0 aliphatic heterocycles. The highest BCUT2D eigenvalue weighted by molar-refractivity contribution is 5.85. The Bertz CT molecular complexity index is 466. The zero-order valence-corrected chi connectivity index (χ0v) is 14.2. The molecule has 0 heterocycles. The summed E-state index contributed by atoms with van der Waals surface area (Å²) in [5, 5.41) is 8.67. The molecule has 5 nitrogen and oxygen atoms in total. The van der Waals surface area contributed by atoms with E-state index in [0.717, 1.165) is 5.56 Å². The van der Waals surface area contributed by atoms with Gasteiger partial charge in [-0.15, -0.1) is 12.4 Å². The second kappa shape index (κ2) is 10.2. The molecule has 1 amide bonds. The minimum Gasteiger partial charge on any atom is -0.481 e. The average Bonchev–Trinajstić information content (AvgIpc) is 2.43. The van der Waals surface area contributed by atoms with E-state index in [0.29, 0.717) is 13.1 Å². The zero-order valence-electron chi connectivity index (χ0n) is 13.4. The second-order valence-electron chi connectivity index (χ2n) is 5.48. The second-order valence-corrected chi connectivity index (χ2v) is 5.48. The van der Waals surface area contributed by atoms with E-state index < -0.39 is 5.97 Å². The van der Waals surface area contributed by atoms with Crippen molar-refractivity contribution in [1.29, 1.82) is 0 Å². The maximum Gasteiger partial charge on any atom is 0.304 e. The van der Waals surface area contributed by atoms with Gasteiger partial charge in [0.25, 0.3) is 0 Å². The number of rotatable bonds is 8. The van der Waals surface area contributed by atoms with Gasteiger partial charge >= 0.3 is 5.97 Å². The standard InChI is InChI=1S/C16H24N2O3.ClH/c1-13(2)18(11-14-7-5-4-6-8-14)15(19)12-17(3)10-9-16(20)21;/h4-8,13H,9-12H2,1-3H3,(H,20,21);1H. The van der Waals surface area contributed by atoms with Crippen LogP contribution in [0.5, 0.6) is 0 Å². The van der Waals surface area contributed by atoms with Crippen LogP contribution in [0.1, 0.15) is 25.8 Å². The molecule has 0 saturated heterocycles. The van der Waals surface area contributed by atoms with Gasteiger partial charge in [-0.25, -0.2) is 0 Å². The summed E-state index contributed by atoms with van der Waals surface area (Å²) in [5.41, 5.74) is 1.09. The Morgan fingerprint density at radius 3 is 2.27 bits per heavy atom. The highest BCUT2D eigenvalue weighted by Crippen LogP contribution is 2.09. The summed E-state index contributed by atoms with van der Waals surface area (Å²) >= 11 is 0. The van der Waals surface area contributed by atoms with Crippen molar-refractivity contribution >= 4 is 24.3 Å². The van der Waals surface area contributed by atoms with Crippen molar-refractivity contribution in [2.24, 2.45) is 0 Å². The Hall–Kier alpha value is -1.59. The summed E-state index contributed by atoms with van der Waals surface area (Å²) in [6.45, 7) is 5.15. The van der Waals surface area contributed by atoms with E-state index in [9.17, 15) is 9.59 Å². The summed E-state index contributed by atoms with van der Waals surface area (Å²) in [6, 6.07) is 9.96. The molecule has 0 aliphatic carbocycles. The van der Waals surface area contributed by atoms with Crippen LogP contribution in [0, 0.1) is 0 Å². The number of hydrogen-bond donors (Lipinski definition) is 1. The summed E-state index contributed by atoms with van der Waals surface area (Å²) in [6.07, 6.45) is 0.0458. The molecule has 1 rings (SSSR count). The minimum atomic E-state index is -0.848. The molecule has 22 heavy (non-hydrogen) atoms. The average molecular weight is 329 g/mol. The lowest BCUT2D eigenvalue weighted by atomic mass is 10.2. The molecule has 1 N–H and O–H groups in total. The molecule has 6 heteroatoms. The van der Waals surface area contributed by atoms with Crippen molar-refractivity contribution in [3.63, 3.8) is 0 Å².